The van der Waals surface area contributed by atoms with Crippen molar-refractivity contribution in [1.82, 2.24) is 0 Å². The van der Waals surface area contributed by atoms with Crippen molar-refractivity contribution in [1.29, 1.82) is 0 Å². The third-order valence-corrected chi connectivity index (χ3v) is 3.04. The molecular weight excluding hydrogens is 268 g/mol. The SMILES string of the molecule is O=C(OCc1ccccc1)[C@@H]1O[C@@H](O)[C@@H](O)[C@H](O)[C@@H]1O. The van der Waals surface area contributed by atoms with Gasteiger partial charge in [0.25, 0.3) is 0 Å². The maximum absolute atomic E-state index is 11.8. The molecule has 7 heteroatoms. The van der Waals surface area contributed by atoms with E-state index in [1.807, 2.05) is 6.07 Å². The Morgan fingerprint density at radius 1 is 1.05 bits per heavy atom. The predicted molar refractivity (Wildman–Crippen MR) is 65.1 cm³/mol. The normalized spacial score (nSPS) is 33.7. The summed E-state index contributed by atoms with van der Waals surface area (Å²) in [6, 6.07) is 8.86. The Hall–Kier alpha value is -1.51. The smallest absolute Gasteiger partial charge is 0.338 e. The van der Waals surface area contributed by atoms with Gasteiger partial charge in [-0.05, 0) is 5.56 Å². The maximum Gasteiger partial charge on any atom is 0.338 e. The highest BCUT2D eigenvalue weighted by Gasteiger charge is 2.46. The molecule has 0 unspecified atom stereocenters. The van der Waals surface area contributed by atoms with Gasteiger partial charge < -0.3 is 29.9 Å². The van der Waals surface area contributed by atoms with E-state index in [1.165, 1.54) is 0 Å². The van der Waals surface area contributed by atoms with Crippen LogP contribution in [0.1, 0.15) is 5.56 Å². The van der Waals surface area contributed by atoms with E-state index in [9.17, 15) is 25.2 Å². The van der Waals surface area contributed by atoms with Gasteiger partial charge in [0, 0.05) is 0 Å². The third-order valence-electron chi connectivity index (χ3n) is 3.04. The molecule has 1 aliphatic rings. The van der Waals surface area contributed by atoms with Gasteiger partial charge in [0.2, 0.25) is 0 Å². The number of benzene rings is 1. The van der Waals surface area contributed by atoms with E-state index in [-0.39, 0.29) is 6.61 Å². The van der Waals surface area contributed by atoms with Gasteiger partial charge in [-0.15, -0.1) is 0 Å². The minimum absolute atomic E-state index is 0.0268. The van der Waals surface area contributed by atoms with Gasteiger partial charge in [0.15, 0.2) is 12.4 Å². The summed E-state index contributed by atoms with van der Waals surface area (Å²) in [4.78, 5) is 11.8. The van der Waals surface area contributed by atoms with Crippen molar-refractivity contribution in [3.8, 4) is 0 Å². The Labute approximate surface area is 115 Å². The molecule has 0 radical (unpaired) electrons. The number of hydrogen-bond donors (Lipinski definition) is 4. The van der Waals surface area contributed by atoms with Crippen LogP contribution < -0.4 is 0 Å². The molecule has 5 atom stereocenters. The molecule has 110 valence electrons. The van der Waals surface area contributed by atoms with Crippen molar-refractivity contribution in [2.75, 3.05) is 0 Å². The third kappa shape index (κ3) is 3.14. The Morgan fingerprint density at radius 2 is 1.70 bits per heavy atom. The van der Waals surface area contributed by atoms with Gasteiger partial charge in [-0.1, -0.05) is 30.3 Å². The van der Waals surface area contributed by atoms with Gasteiger partial charge in [0.05, 0.1) is 0 Å². The highest BCUT2D eigenvalue weighted by molar-refractivity contribution is 5.75. The molecule has 0 amide bonds. The number of aliphatic hydroxyl groups excluding tert-OH is 4. The van der Waals surface area contributed by atoms with Gasteiger partial charge in [-0.3, -0.25) is 0 Å². The van der Waals surface area contributed by atoms with Crippen LogP contribution in [0.5, 0.6) is 0 Å². The van der Waals surface area contributed by atoms with Crippen LogP contribution in [-0.4, -0.2) is 57.1 Å². The van der Waals surface area contributed by atoms with E-state index in [2.05, 4.69) is 0 Å². The molecule has 0 saturated carbocycles. The van der Waals surface area contributed by atoms with Crippen LogP contribution in [0.25, 0.3) is 0 Å². The number of aliphatic hydroxyl groups is 4. The quantitative estimate of drug-likeness (QED) is 0.501. The summed E-state index contributed by atoms with van der Waals surface area (Å²) in [5.74, 6) is -0.925. The van der Waals surface area contributed by atoms with Crippen LogP contribution >= 0.6 is 0 Å². The predicted octanol–water partition coefficient (Wildman–Crippen LogP) is -1.47. The first-order chi connectivity index (χ1) is 9.50. The minimum Gasteiger partial charge on any atom is -0.459 e. The Bertz CT molecular complexity index is 449. The largest absolute Gasteiger partial charge is 0.459 e. The molecule has 0 aromatic heterocycles. The highest BCUT2D eigenvalue weighted by Crippen LogP contribution is 2.21. The van der Waals surface area contributed by atoms with Crippen molar-refractivity contribution in [3.05, 3.63) is 35.9 Å². The topological polar surface area (TPSA) is 116 Å². The molecule has 1 saturated heterocycles. The highest BCUT2D eigenvalue weighted by atomic mass is 16.7. The van der Waals surface area contributed by atoms with Crippen molar-refractivity contribution in [2.45, 2.75) is 37.3 Å². The fourth-order valence-corrected chi connectivity index (χ4v) is 1.87. The zero-order valence-electron chi connectivity index (χ0n) is 10.5. The second kappa shape index (κ2) is 6.29. The van der Waals surface area contributed by atoms with Crippen LogP contribution in [0.2, 0.25) is 0 Å². The van der Waals surface area contributed by atoms with Crippen LogP contribution in [0.4, 0.5) is 0 Å². The van der Waals surface area contributed by atoms with Gasteiger partial charge in [-0.25, -0.2) is 4.79 Å². The number of carbonyl (C=O) groups excluding carboxylic acids is 1. The molecule has 0 bridgehead atoms. The van der Waals surface area contributed by atoms with Crippen LogP contribution in [-0.2, 0) is 20.9 Å². The van der Waals surface area contributed by atoms with Crippen molar-refractivity contribution >= 4 is 5.97 Å². The maximum atomic E-state index is 11.8. The Balaban J connectivity index is 1.95. The zero-order valence-corrected chi connectivity index (χ0v) is 10.5. The van der Waals surface area contributed by atoms with Crippen LogP contribution in [0, 0.1) is 0 Å². The summed E-state index contributed by atoms with van der Waals surface area (Å²) in [5, 5.41) is 37.7. The summed E-state index contributed by atoms with van der Waals surface area (Å²) in [6.07, 6.45) is -8.34. The molecular formula is C13H16O7. The fourth-order valence-electron chi connectivity index (χ4n) is 1.87. The van der Waals surface area contributed by atoms with Gasteiger partial charge in [0.1, 0.15) is 24.9 Å². The molecule has 1 heterocycles. The van der Waals surface area contributed by atoms with E-state index in [1.54, 1.807) is 24.3 Å². The second-order valence-corrected chi connectivity index (χ2v) is 4.51. The number of ether oxygens (including phenoxy) is 2. The average molecular weight is 284 g/mol. The first-order valence-electron chi connectivity index (χ1n) is 6.09. The standard InChI is InChI=1S/C13H16O7/c14-8-9(15)11(20-12(17)10(8)16)13(18)19-6-7-4-2-1-3-5-7/h1-5,8-12,14-17H,6H2/t8-,9+,10+,11-,12-/m1/s1. The molecule has 20 heavy (non-hydrogen) atoms. The number of rotatable bonds is 3. The van der Waals surface area contributed by atoms with E-state index < -0.39 is 36.7 Å². The lowest BCUT2D eigenvalue weighted by molar-refractivity contribution is -0.281. The fraction of sp³-hybridized carbons (Fsp3) is 0.462. The summed E-state index contributed by atoms with van der Waals surface area (Å²) in [5.41, 5.74) is 0.743. The molecule has 2 rings (SSSR count). The Morgan fingerprint density at radius 3 is 2.35 bits per heavy atom. The molecule has 4 N–H and O–H groups in total. The lowest BCUT2D eigenvalue weighted by atomic mass is 9.99. The zero-order chi connectivity index (χ0) is 14.7. The lowest BCUT2D eigenvalue weighted by Gasteiger charge is -2.36. The van der Waals surface area contributed by atoms with E-state index in [0.29, 0.717) is 0 Å². The number of carbonyl (C=O) groups is 1. The minimum atomic E-state index is -1.76. The molecule has 1 aromatic carbocycles. The average Bonchev–Trinajstić information content (AvgIpc) is 2.47. The summed E-state index contributed by atoms with van der Waals surface area (Å²) in [6.45, 7) is -0.0268. The molecule has 7 nitrogen and oxygen atoms in total. The number of esters is 1. The Kier molecular flexibility index (Phi) is 4.69. The first-order valence-corrected chi connectivity index (χ1v) is 6.09. The van der Waals surface area contributed by atoms with Crippen molar-refractivity contribution in [2.24, 2.45) is 0 Å². The van der Waals surface area contributed by atoms with E-state index in [0.717, 1.165) is 5.56 Å². The molecule has 1 aliphatic heterocycles. The number of hydrogen-bond acceptors (Lipinski definition) is 7. The first kappa shape index (κ1) is 14.9. The molecule has 0 aliphatic carbocycles. The van der Waals surface area contributed by atoms with Gasteiger partial charge in [-0.2, -0.15) is 0 Å². The molecule has 0 spiro atoms. The van der Waals surface area contributed by atoms with Gasteiger partial charge >= 0.3 is 5.97 Å². The molecule has 1 fully saturated rings. The van der Waals surface area contributed by atoms with Crippen LogP contribution in [0.3, 0.4) is 0 Å². The van der Waals surface area contributed by atoms with Crippen molar-refractivity contribution < 1.29 is 34.7 Å². The monoisotopic (exact) mass is 284 g/mol. The lowest BCUT2D eigenvalue weighted by Crippen LogP contribution is -2.59. The van der Waals surface area contributed by atoms with Crippen molar-refractivity contribution in [3.63, 3.8) is 0 Å². The summed E-state index contributed by atoms with van der Waals surface area (Å²) >= 11 is 0. The van der Waals surface area contributed by atoms with Crippen LogP contribution in [0.15, 0.2) is 30.3 Å². The second-order valence-electron chi connectivity index (χ2n) is 4.51. The summed E-state index contributed by atoms with van der Waals surface area (Å²) in [7, 11) is 0. The van der Waals surface area contributed by atoms with E-state index in [4.69, 9.17) is 9.47 Å². The van der Waals surface area contributed by atoms with E-state index >= 15 is 0 Å². The molecule has 1 aromatic rings. The summed E-state index contributed by atoms with van der Waals surface area (Å²) < 4.78 is 9.69.